The maximum atomic E-state index is 12.4. The Morgan fingerprint density at radius 2 is 2.36 bits per heavy atom. The first kappa shape index (κ1) is 15.1. The zero-order chi connectivity index (χ0) is 15.7. The molecular formula is C12H15N5O3S2. The van der Waals surface area contributed by atoms with Gasteiger partial charge in [0.15, 0.2) is 0 Å². The van der Waals surface area contributed by atoms with Crippen molar-refractivity contribution in [1.29, 1.82) is 0 Å². The summed E-state index contributed by atoms with van der Waals surface area (Å²) in [7, 11) is -3.30. The first-order valence-corrected chi connectivity index (χ1v) is 9.42. The molecule has 0 radical (unpaired) electrons. The van der Waals surface area contributed by atoms with Crippen LogP contribution in [-0.2, 0) is 16.6 Å². The van der Waals surface area contributed by atoms with E-state index in [0.29, 0.717) is 18.8 Å². The molecule has 1 amide bonds. The average molecular weight is 341 g/mol. The van der Waals surface area contributed by atoms with Crippen LogP contribution in [-0.4, -0.2) is 53.3 Å². The summed E-state index contributed by atoms with van der Waals surface area (Å²) in [5.74, 6) is -0.155. The molecule has 118 valence electrons. The molecule has 0 fully saturated rings. The molecule has 1 N–H and O–H groups in total. The second kappa shape index (κ2) is 5.78. The van der Waals surface area contributed by atoms with E-state index < -0.39 is 10.0 Å². The summed E-state index contributed by atoms with van der Waals surface area (Å²) in [6, 6.07) is 1.59. The smallest absolute Gasteiger partial charge is 0.273 e. The summed E-state index contributed by atoms with van der Waals surface area (Å²) < 4.78 is 26.8. The van der Waals surface area contributed by atoms with Crippen molar-refractivity contribution in [3.63, 3.8) is 0 Å². The zero-order valence-corrected chi connectivity index (χ0v) is 13.5. The largest absolute Gasteiger partial charge is 0.329 e. The van der Waals surface area contributed by atoms with Gasteiger partial charge in [-0.15, -0.1) is 11.3 Å². The van der Waals surface area contributed by atoms with Crippen molar-refractivity contribution in [1.82, 2.24) is 24.4 Å². The predicted molar refractivity (Wildman–Crippen MR) is 81.0 cm³/mol. The molecule has 2 aromatic rings. The molecule has 0 saturated carbocycles. The van der Waals surface area contributed by atoms with Gasteiger partial charge >= 0.3 is 0 Å². The van der Waals surface area contributed by atoms with Crippen molar-refractivity contribution in [2.75, 3.05) is 19.3 Å². The summed E-state index contributed by atoms with van der Waals surface area (Å²) in [4.78, 5) is 18.1. The van der Waals surface area contributed by atoms with E-state index in [1.165, 1.54) is 11.3 Å². The minimum Gasteiger partial charge on any atom is -0.329 e. The molecule has 1 atom stereocenters. The summed E-state index contributed by atoms with van der Waals surface area (Å²) in [6.07, 6.45) is 2.76. The fraction of sp³-hybridized carbons (Fsp3) is 0.417. The standard InChI is InChI=1S/C12H15N5O3S2/c1-22(19,20)15-4-10-6-16(5-9-2-3-14-17(9)10)12(18)11-7-21-8-13-11/h2-3,7-8,10,15H,4-6H2,1H3. The Morgan fingerprint density at radius 1 is 1.55 bits per heavy atom. The minimum absolute atomic E-state index is 0.155. The second-order valence-corrected chi connectivity index (χ2v) is 7.65. The summed E-state index contributed by atoms with van der Waals surface area (Å²) in [6.45, 7) is 1.01. The molecule has 0 aliphatic carbocycles. The maximum absolute atomic E-state index is 12.4. The number of amides is 1. The highest BCUT2D eigenvalue weighted by Gasteiger charge is 2.30. The number of carbonyl (C=O) groups is 1. The number of aromatic nitrogens is 3. The van der Waals surface area contributed by atoms with Gasteiger partial charge in [-0.2, -0.15) is 5.10 Å². The third-order valence-electron chi connectivity index (χ3n) is 3.40. The Kier molecular flexibility index (Phi) is 3.98. The number of carbonyl (C=O) groups excluding carboxylic acids is 1. The van der Waals surface area contributed by atoms with Crippen LogP contribution in [0.15, 0.2) is 23.2 Å². The number of hydrogen-bond donors (Lipinski definition) is 1. The molecule has 1 aliphatic heterocycles. The van der Waals surface area contributed by atoms with E-state index in [4.69, 9.17) is 0 Å². The lowest BCUT2D eigenvalue weighted by molar-refractivity contribution is 0.0666. The monoisotopic (exact) mass is 341 g/mol. The zero-order valence-electron chi connectivity index (χ0n) is 11.8. The minimum atomic E-state index is -3.30. The van der Waals surface area contributed by atoms with E-state index in [2.05, 4.69) is 14.8 Å². The Balaban J connectivity index is 1.81. The van der Waals surface area contributed by atoms with Gasteiger partial charge in [0.05, 0.1) is 30.0 Å². The van der Waals surface area contributed by atoms with E-state index in [-0.39, 0.29) is 18.5 Å². The molecule has 1 aliphatic rings. The predicted octanol–water partition coefficient (Wildman–Crippen LogP) is 0.0859. The van der Waals surface area contributed by atoms with Crippen molar-refractivity contribution in [2.45, 2.75) is 12.6 Å². The molecule has 0 spiro atoms. The van der Waals surface area contributed by atoms with Crippen LogP contribution in [0.25, 0.3) is 0 Å². The van der Waals surface area contributed by atoms with E-state index in [1.807, 2.05) is 6.07 Å². The van der Waals surface area contributed by atoms with Crippen molar-refractivity contribution in [3.8, 4) is 0 Å². The number of nitrogens with one attached hydrogen (secondary N) is 1. The van der Waals surface area contributed by atoms with Gasteiger partial charge in [-0.1, -0.05) is 0 Å². The van der Waals surface area contributed by atoms with Crippen molar-refractivity contribution >= 4 is 27.3 Å². The van der Waals surface area contributed by atoms with Gasteiger partial charge in [0.1, 0.15) is 5.69 Å². The Labute approximate surface area is 131 Å². The molecule has 3 rings (SSSR count). The highest BCUT2D eigenvalue weighted by molar-refractivity contribution is 7.88. The van der Waals surface area contributed by atoms with E-state index in [1.54, 1.807) is 26.7 Å². The van der Waals surface area contributed by atoms with Crippen LogP contribution in [0.5, 0.6) is 0 Å². The third kappa shape index (κ3) is 3.18. The van der Waals surface area contributed by atoms with Crippen LogP contribution in [0.3, 0.4) is 0 Å². The lowest BCUT2D eigenvalue weighted by atomic mass is 10.2. The number of rotatable bonds is 4. The molecule has 8 nitrogen and oxygen atoms in total. The van der Waals surface area contributed by atoms with E-state index >= 15 is 0 Å². The van der Waals surface area contributed by atoms with E-state index in [9.17, 15) is 13.2 Å². The third-order valence-corrected chi connectivity index (χ3v) is 4.68. The molecule has 0 bridgehead atoms. The fourth-order valence-electron chi connectivity index (χ4n) is 2.42. The maximum Gasteiger partial charge on any atom is 0.273 e. The first-order chi connectivity index (χ1) is 10.4. The van der Waals surface area contributed by atoms with Gasteiger partial charge < -0.3 is 4.90 Å². The lowest BCUT2D eigenvalue weighted by Gasteiger charge is -2.33. The topological polar surface area (TPSA) is 97.2 Å². The van der Waals surface area contributed by atoms with Crippen LogP contribution in [0.1, 0.15) is 22.2 Å². The molecule has 10 heteroatoms. The summed E-state index contributed by atoms with van der Waals surface area (Å²) >= 11 is 1.37. The van der Waals surface area contributed by atoms with Crippen LogP contribution in [0, 0.1) is 0 Å². The van der Waals surface area contributed by atoms with Gasteiger partial charge in [-0.3, -0.25) is 9.48 Å². The highest BCUT2D eigenvalue weighted by Crippen LogP contribution is 2.21. The van der Waals surface area contributed by atoms with Crippen LogP contribution in [0.2, 0.25) is 0 Å². The van der Waals surface area contributed by atoms with Gasteiger partial charge in [-0.25, -0.2) is 18.1 Å². The SMILES string of the molecule is CS(=O)(=O)NCC1CN(C(=O)c2cscn2)Cc2ccnn21. The van der Waals surface area contributed by atoms with E-state index in [0.717, 1.165) is 11.9 Å². The second-order valence-electron chi connectivity index (χ2n) is 5.10. The van der Waals surface area contributed by atoms with Gasteiger partial charge in [-0.05, 0) is 6.07 Å². The number of sulfonamides is 1. The quantitative estimate of drug-likeness (QED) is 0.850. The number of nitrogens with zero attached hydrogens (tertiary/aromatic N) is 4. The van der Waals surface area contributed by atoms with Gasteiger partial charge in [0.2, 0.25) is 10.0 Å². The first-order valence-electron chi connectivity index (χ1n) is 6.58. The van der Waals surface area contributed by atoms with Crippen LogP contribution >= 0.6 is 11.3 Å². The van der Waals surface area contributed by atoms with Crippen molar-refractivity contribution in [3.05, 3.63) is 34.5 Å². The molecule has 1 unspecified atom stereocenters. The van der Waals surface area contributed by atoms with Gasteiger partial charge in [0.25, 0.3) is 5.91 Å². The van der Waals surface area contributed by atoms with Crippen molar-refractivity contribution < 1.29 is 13.2 Å². The summed E-state index contributed by atoms with van der Waals surface area (Å²) in [5, 5.41) is 5.93. The summed E-state index contributed by atoms with van der Waals surface area (Å²) in [5.41, 5.74) is 2.90. The average Bonchev–Trinajstić information content (AvgIpc) is 3.13. The van der Waals surface area contributed by atoms with Gasteiger partial charge in [0, 0.05) is 24.7 Å². The Morgan fingerprint density at radius 3 is 3.05 bits per heavy atom. The molecular weight excluding hydrogens is 326 g/mol. The van der Waals surface area contributed by atoms with Crippen LogP contribution in [0.4, 0.5) is 0 Å². The lowest BCUT2D eigenvalue weighted by Crippen LogP contribution is -2.45. The Bertz CT molecular complexity index is 769. The molecule has 3 heterocycles. The normalized spacial score (nSPS) is 18.2. The number of hydrogen-bond acceptors (Lipinski definition) is 6. The number of fused-ring (bicyclic) bond motifs is 1. The van der Waals surface area contributed by atoms with Crippen molar-refractivity contribution in [2.24, 2.45) is 0 Å². The Hall–Kier alpha value is -1.78. The molecule has 22 heavy (non-hydrogen) atoms. The fourth-order valence-corrected chi connectivity index (χ4v) is 3.44. The molecule has 0 aromatic carbocycles. The number of thiazole rings is 1. The molecule has 0 saturated heterocycles. The molecule has 2 aromatic heterocycles. The van der Waals surface area contributed by atoms with Crippen LogP contribution < -0.4 is 4.72 Å². The highest BCUT2D eigenvalue weighted by atomic mass is 32.2.